The number of halogens is 1. The molecule has 0 amide bonds. The van der Waals surface area contributed by atoms with E-state index in [-0.39, 0.29) is 39.3 Å². The molecule has 0 unspecified atom stereocenters. The highest BCUT2D eigenvalue weighted by atomic mass is 35.5. The summed E-state index contributed by atoms with van der Waals surface area (Å²) < 4.78 is 52.7. The summed E-state index contributed by atoms with van der Waals surface area (Å²) >= 11 is 6.09. The molecule has 0 radical (unpaired) electrons. The van der Waals surface area contributed by atoms with Crippen LogP contribution in [-0.4, -0.2) is 34.1 Å². The molecule has 1 N–H and O–H groups in total. The van der Waals surface area contributed by atoms with Crippen molar-refractivity contribution in [1.82, 2.24) is 0 Å². The van der Waals surface area contributed by atoms with E-state index in [1.807, 2.05) is 0 Å². The Morgan fingerprint density at radius 3 is 2.56 bits per heavy atom. The molecule has 0 aromatic heterocycles. The van der Waals surface area contributed by atoms with E-state index >= 15 is 0 Å². The largest absolute Gasteiger partial charge is 0.280 e. The van der Waals surface area contributed by atoms with Crippen molar-refractivity contribution in [3.05, 3.63) is 57.6 Å². The van der Waals surface area contributed by atoms with Crippen LogP contribution < -0.4 is 9.03 Å². The predicted octanol–water partition coefficient (Wildman–Crippen LogP) is 2.59. The van der Waals surface area contributed by atoms with Gasteiger partial charge in [-0.25, -0.2) is 16.8 Å². The third-order valence-electron chi connectivity index (χ3n) is 3.91. The Kier molecular flexibility index (Phi) is 5.02. The molecule has 2 aromatic rings. The standard InChI is InChI=1S/C15H14ClN3O6S2/c16-14-6-5-11(9-15(14)18-7-2-8-26(18,22)23)17-27(24,25)13-4-1-3-12(10-13)19(20)21/h1,3-6,9-10,17H,2,7-8H2. The van der Waals surface area contributed by atoms with Crippen LogP contribution in [0.4, 0.5) is 17.1 Å². The van der Waals surface area contributed by atoms with Crippen LogP contribution in [0.25, 0.3) is 0 Å². The molecular weight excluding hydrogens is 418 g/mol. The van der Waals surface area contributed by atoms with Gasteiger partial charge in [-0.05, 0) is 30.7 Å². The van der Waals surface area contributed by atoms with Crippen molar-refractivity contribution in [3.8, 4) is 0 Å². The zero-order valence-electron chi connectivity index (χ0n) is 13.7. The molecule has 1 fully saturated rings. The van der Waals surface area contributed by atoms with Gasteiger partial charge in [0.15, 0.2) is 0 Å². The number of nitro benzene ring substituents is 1. The minimum absolute atomic E-state index is 0.00698. The van der Waals surface area contributed by atoms with E-state index in [9.17, 15) is 26.9 Å². The van der Waals surface area contributed by atoms with Crippen molar-refractivity contribution in [2.45, 2.75) is 11.3 Å². The van der Waals surface area contributed by atoms with Gasteiger partial charge in [0.2, 0.25) is 10.0 Å². The summed E-state index contributed by atoms with van der Waals surface area (Å²) in [7, 11) is -7.61. The number of nitro groups is 1. The molecule has 0 atom stereocenters. The summed E-state index contributed by atoms with van der Waals surface area (Å²) in [6.07, 6.45) is 0.447. The van der Waals surface area contributed by atoms with Crippen LogP contribution in [0, 0.1) is 10.1 Å². The SMILES string of the molecule is O=[N+]([O-])c1cccc(S(=O)(=O)Nc2ccc(Cl)c(N3CCCS3(=O)=O)c2)c1. The maximum atomic E-state index is 12.5. The third kappa shape index (κ3) is 3.99. The second-order valence-corrected chi connectivity index (χ2v) is 9.87. The highest BCUT2D eigenvalue weighted by molar-refractivity contribution is 7.93. The molecule has 1 aliphatic rings. The highest BCUT2D eigenvalue weighted by Crippen LogP contribution is 2.34. The van der Waals surface area contributed by atoms with E-state index in [4.69, 9.17) is 11.6 Å². The van der Waals surface area contributed by atoms with Crippen LogP contribution >= 0.6 is 11.6 Å². The zero-order chi connectivity index (χ0) is 19.8. The van der Waals surface area contributed by atoms with E-state index in [0.717, 1.165) is 10.4 Å². The minimum atomic E-state index is -4.12. The fourth-order valence-corrected chi connectivity index (χ4v) is 5.59. The van der Waals surface area contributed by atoms with Crippen molar-refractivity contribution in [1.29, 1.82) is 0 Å². The normalized spacial score (nSPS) is 16.3. The summed E-state index contributed by atoms with van der Waals surface area (Å²) in [5, 5.41) is 11.0. The lowest BCUT2D eigenvalue weighted by Crippen LogP contribution is -2.25. The first-order valence-corrected chi connectivity index (χ1v) is 11.1. The molecule has 0 spiro atoms. The Hall–Kier alpha value is -2.37. The highest BCUT2D eigenvalue weighted by Gasteiger charge is 2.30. The Morgan fingerprint density at radius 1 is 1.19 bits per heavy atom. The number of sulfonamides is 2. The van der Waals surface area contributed by atoms with Gasteiger partial charge in [0.1, 0.15) is 0 Å². The van der Waals surface area contributed by atoms with Crippen LogP contribution in [0.1, 0.15) is 6.42 Å². The van der Waals surface area contributed by atoms with Crippen LogP contribution in [-0.2, 0) is 20.0 Å². The maximum Gasteiger partial charge on any atom is 0.270 e. The van der Waals surface area contributed by atoms with Gasteiger partial charge in [-0.1, -0.05) is 17.7 Å². The topological polar surface area (TPSA) is 127 Å². The van der Waals surface area contributed by atoms with Gasteiger partial charge in [0.05, 0.1) is 32.0 Å². The van der Waals surface area contributed by atoms with Gasteiger partial charge in [0, 0.05) is 18.7 Å². The van der Waals surface area contributed by atoms with Crippen LogP contribution in [0.3, 0.4) is 0 Å². The fourth-order valence-electron chi connectivity index (χ4n) is 2.66. The average Bonchev–Trinajstić information content (AvgIpc) is 2.95. The van der Waals surface area contributed by atoms with E-state index in [0.29, 0.717) is 6.42 Å². The Bertz CT molecular complexity index is 1120. The molecule has 2 aromatic carbocycles. The Morgan fingerprint density at radius 2 is 1.93 bits per heavy atom. The van der Waals surface area contributed by atoms with Crippen molar-refractivity contribution < 1.29 is 21.8 Å². The molecule has 0 bridgehead atoms. The second kappa shape index (κ2) is 6.98. The minimum Gasteiger partial charge on any atom is -0.280 e. The van der Waals surface area contributed by atoms with Crippen molar-refractivity contribution in [2.75, 3.05) is 21.3 Å². The Balaban J connectivity index is 1.95. The average molecular weight is 432 g/mol. The van der Waals surface area contributed by atoms with Crippen molar-refractivity contribution in [2.24, 2.45) is 0 Å². The van der Waals surface area contributed by atoms with Crippen molar-refractivity contribution >= 4 is 48.7 Å². The summed E-state index contributed by atoms with van der Waals surface area (Å²) in [6, 6.07) is 8.68. The summed E-state index contributed by atoms with van der Waals surface area (Å²) in [4.78, 5) is 9.86. The van der Waals surface area contributed by atoms with Crippen LogP contribution in [0.15, 0.2) is 47.4 Å². The van der Waals surface area contributed by atoms with Crippen molar-refractivity contribution in [3.63, 3.8) is 0 Å². The number of hydrogen-bond acceptors (Lipinski definition) is 6. The van der Waals surface area contributed by atoms with Crippen LogP contribution in [0.2, 0.25) is 5.02 Å². The number of non-ortho nitro benzene ring substituents is 1. The van der Waals surface area contributed by atoms with Gasteiger partial charge < -0.3 is 0 Å². The summed E-state index contributed by atoms with van der Waals surface area (Å²) in [6.45, 7) is 0.253. The van der Waals surface area contributed by atoms with Gasteiger partial charge in [-0.3, -0.25) is 19.1 Å². The maximum absolute atomic E-state index is 12.5. The molecule has 144 valence electrons. The van der Waals surface area contributed by atoms with Gasteiger partial charge in [-0.2, -0.15) is 0 Å². The zero-order valence-corrected chi connectivity index (χ0v) is 16.1. The second-order valence-electron chi connectivity index (χ2n) is 5.77. The number of rotatable bonds is 5. The number of hydrogen-bond donors (Lipinski definition) is 1. The van der Waals surface area contributed by atoms with Crippen LogP contribution in [0.5, 0.6) is 0 Å². The van der Waals surface area contributed by atoms with Gasteiger partial charge >= 0.3 is 0 Å². The molecule has 0 saturated carbocycles. The number of anilines is 2. The number of benzene rings is 2. The number of nitrogens with one attached hydrogen (secondary N) is 1. The van der Waals surface area contributed by atoms with E-state index in [1.54, 1.807) is 0 Å². The van der Waals surface area contributed by atoms with E-state index in [1.165, 1.54) is 36.4 Å². The molecule has 1 saturated heterocycles. The van der Waals surface area contributed by atoms with E-state index < -0.39 is 25.0 Å². The Labute approximate surface area is 160 Å². The molecule has 0 aliphatic carbocycles. The fraction of sp³-hybridized carbons (Fsp3) is 0.200. The molecule has 1 aliphatic heterocycles. The molecular formula is C15H14ClN3O6S2. The first-order valence-electron chi connectivity index (χ1n) is 7.67. The summed E-state index contributed by atoms with van der Waals surface area (Å²) in [5.41, 5.74) is -0.103. The monoisotopic (exact) mass is 431 g/mol. The van der Waals surface area contributed by atoms with Gasteiger partial charge in [-0.15, -0.1) is 0 Å². The quantitative estimate of drug-likeness (QED) is 0.572. The molecule has 1 heterocycles. The summed E-state index contributed by atoms with van der Waals surface area (Å²) in [5.74, 6) is -0.00698. The lowest BCUT2D eigenvalue weighted by atomic mass is 10.3. The molecule has 12 heteroatoms. The smallest absolute Gasteiger partial charge is 0.270 e. The van der Waals surface area contributed by atoms with E-state index in [2.05, 4.69) is 4.72 Å². The third-order valence-corrected chi connectivity index (χ3v) is 7.46. The first-order chi connectivity index (χ1) is 12.6. The molecule has 27 heavy (non-hydrogen) atoms. The predicted molar refractivity (Wildman–Crippen MR) is 101 cm³/mol. The number of nitrogens with zero attached hydrogens (tertiary/aromatic N) is 2. The molecule has 9 nitrogen and oxygen atoms in total. The lowest BCUT2D eigenvalue weighted by molar-refractivity contribution is -0.385. The lowest BCUT2D eigenvalue weighted by Gasteiger charge is -2.19. The van der Waals surface area contributed by atoms with Gasteiger partial charge in [0.25, 0.3) is 15.7 Å². The first kappa shape index (κ1) is 19.4. The molecule has 3 rings (SSSR count).